The Morgan fingerprint density at radius 3 is 2.56 bits per heavy atom. The van der Waals surface area contributed by atoms with Crippen molar-refractivity contribution in [1.29, 1.82) is 0 Å². The van der Waals surface area contributed by atoms with Crippen LogP contribution in [0.2, 0.25) is 0 Å². The highest BCUT2D eigenvalue weighted by Gasteiger charge is 2.28. The third-order valence-corrected chi connectivity index (χ3v) is 4.75. The Morgan fingerprint density at radius 1 is 1.11 bits per heavy atom. The summed E-state index contributed by atoms with van der Waals surface area (Å²) in [6, 6.07) is 10.6. The fourth-order valence-corrected chi connectivity index (χ4v) is 3.24. The summed E-state index contributed by atoms with van der Waals surface area (Å²) in [7, 11) is 0. The molecule has 1 saturated heterocycles. The number of hydrogen-bond acceptors (Lipinski definition) is 4. The lowest BCUT2D eigenvalue weighted by Crippen LogP contribution is -2.47. The predicted molar refractivity (Wildman–Crippen MR) is 97.4 cm³/mol. The number of likely N-dealkylation sites (tertiary alicyclic amines) is 1. The van der Waals surface area contributed by atoms with E-state index in [2.05, 4.69) is 0 Å². The van der Waals surface area contributed by atoms with E-state index >= 15 is 0 Å². The fourth-order valence-electron chi connectivity index (χ4n) is 3.24. The maximum Gasteiger partial charge on any atom is 0.331 e. The van der Waals surface area contributed by atoms with Crippen LogP contribution in [-0.2, 0) is 22.7 Å². The number of carbonyl (C=O) groups is 2. The maximum absolute atomic E-state index is 12.6. The molecule has 1 fully saturated rings. The summed E-state index contributed by atoms with van der Waals surface area (Å²) in [5.41, 5.74) is -0.215. The molecule has 0 saturated carbocycles. The quantitative estimate of drug-likeness (QED) is 0.819. The minimum atomic E-state index is -0.936. The Labute approximate surface area is 155 Å². The molecule has 2 heterocycles. The summed E-state index contributed by atoms with van der Waals surface area (Å²) >= 11 is 0. The molecular formula is C19H21N3O5. The lowest BCUT2D eigenvalue weighted by atomic mass is 9.98. The molecule has 0 bridgehead atoms. The third-order valence-electron chi connectivity index (χ3n) is 4.75. The Bertz CT molecular complexity index is 948. The third kappa shape index (κ3) is 4.33. The number of aliphatic carboxylic acids is 1. The molecule has 142 valence electrons. The van der Waals surface area contributed by atoms with Gasteiger partial charge in [0.15, 0.2) is 0 Å². The number of aromatic nitrogens is 2. The van der Waals surface area contributed by atoms with E-state index in [0.29, 0.717) is 25.9 Å². The molecular weight excluding hydrogens is 350 g/mol. The number of hydrogen-bond donors (Lipinski definition) is 1. The summed E-state index contributed by atoms with van der Waals surface area (Å²) in [5, 5.41) is 9.15. The first-order valence-electron chi connectivity index (χ1n) is 8.80. The number of carboxylic acid groups (broad SMARTS) is 1. The van der Waals surface area contributed by atoms with Gasteiger partial charge in [-0.3, -0.25) is 23.5 Å². The summed E-state index contributed by atoms with van der Waals surface area (Å²) in [6.07, 6.45) is 2.53. The van der Waals surface area contributed by atoms with Crippen LogP contribution in [0.15, 0.2) is 52.2 Å². The monoisotopic (exact) mass is 371 g/mol. The second-order valence-corrected chi connectivity index (χ2v) is 6.65. The molecule has 1 aromatic heterocycles. The SMILES string of the molecule is O=C(O)C1CCCN(C(=O)Cn2c(=O)ccn(Cc3ccccc3)c2=O)C1. The normalized spacial score (nSPS) is 16.9. The van der Waals surface area contributed by atoms with Crippen LogP contribution in [0.4, 0.5) is 0 Å². The number of piperidine rings is 1. The molecule has 8 nitrogen and oxygen atoms in total. The van der Waals surface area contributed by atoms with Gasteiger partial charge >= 0.3 is 11.7 Å². The average molecular weight is 371 g/mol. The van der Waals surface area contributed by atoms with Crippen molar-refractivity contribution in [1.82, 2.24) is 14.0 Å². The highest BCUT2D eigenvalue weighted by atomic mass is 16.4. The highest BCUT2D eigenvalue weighted by molar-refractivity contribution is 5.77. The molecule has 1 N–H and O–H groups in total. The van der Waals surface area contributed by atoms with Crippen LogP contribution in [0.1, 0.15) is 18.4 Å². The zero-order chi connectivity index (χ0) is 19.4. The van der Waals surface area contributed by atoms with Gasteiger partial charge in [0.05, 0.1) is 12.5 Å². The zero-order valence-corrected chi connectivity index (χ0v) is 14.8. The Morgan fingerprint density at radius 2 is 1.85 bits per heavy atom. The summed E-state index contributed by atoms with van der Waals surface area (Å²) in [4.78, 5) is 49.9. The van der Waals surface area contributed by atoms with Crippen molar-refractivity contribution in [2.45, 2.75) is 25.9 Å². The predicted octanol–water partition coefficient (Wildman–Crippen LogP) is 0.381. The standard InChI is InChI=1S/C19H21N3O5/c23-16-8-10-21(11-14-5-2-1-3-6-14)19(27)22(16)13-17(24)20-9-4-7-15(12-20)18(25)26/h1-3,5-6,8,10,15H,4,7,9,11-13H2,(H,25,26). The molecule has 1 amide bonds. The number of nitrogens with zero attached hydrogens (tertiary/aromatic N) is 3. The van der Waals surface area contributed by atoms with Crippen LogP contribution in [0.25, 0.3) is 0 Å². The molecule has 1 aliphatic rings. The minimum Gasteiger partial charge on any atom is -0.481 e. The van der Waals surface area contributed by atoms with E-state index in [-0.39, 0.29) is 13.1 Å². The molecule has 0 radical (unpaired) electrons. The molecule has 0 aliphatic carbocycles. The molecule has 2 aromatic rings. The van der Waals surface area contributed by atoms with Gasteiger partial charge in [-0.1, -0.05) is 30.3 Å². The zero-order valence-electron chi connectivity index (χ0n) is 14.8. The van der Waals surface area contributed by atoms with Gasteiger partial charge in [0.2, 0.25) is 5.91 Å². The first-order valence-corrected chi connectivity index (χ1v) is 8.80. The van der Waals surface area contributed by atoms with Gasteiger partial charge in [-0.2, -0.15) is 0 Å². The second kappa shape index (κ2) is 8.03. The van der Waals surface area contributed by atoms with E-state index in [1.807, 2.05) is 30.3 Å². The van der Waals surface area contributed by atoms with Crippen molar-refractivity contribution in [3.63, 3.8) is 0 Å². The smallest absolute Gasteiger partial charge is 0.331 e. The van der Waals surface area contributed by atoms with Crippen molar-refractivity contribution in [2.75, 3.05) is 13.1 Å². The topological polar surface area (TPSA) is 102 Å². The first kappa shape index (κ1) is 18.6. The highest BCUT2D eigenvalue weighted by Crippen LogP contribution is 2.16. The van der Waals surface area contributed by atoms with Crippen molar-refractivity contribution in [2.24, 2.45) is 5.92 Å². The second-order valence-electron chi connectivity index (χ2n) is 6.65. The van der Waals surface area contributed by atoms with E-state index in [1.165, 1.54) is 21.7 Å². The maximum atomic E-state index is 12.6. The van der Waals surface area contributed by atoms with Crippen LogP contribution in [0, 0.1) is 5.92 Å². The molecule has 3 rings (SSSR count). The van der Waals surface area contributed by atoms with Crippen molar-refractivity contribution >= 4 is 11.9 Å². The molecule has 1 atom stereocenters. The Kier molecular flexibility index (Phi) is 5.54. The van der Waals surface area contributed by atoms with Crippen LogP contribution in [0.5, 0.6) is 0 Å². The van der Waals surface area contributed by atoms with E-state index in [4.69, 9.17) is 5.11 Å². The van der Waals surface area contributed by atoms with E-state index in [1.54, 1.807) is 0 Å². The largest absolute Gasteiger partial charge is 0.481 e. The lowest BCUT2D eigenvalue weighted by molar-refractivity contribution is -0.145. The van der Waals surface area contributed by atoms with Gasteiger partial charge in [0.1, 0.15) is 6.54 Å². The number of amides is 1. The molecule has 1 aromatic carbocycles. The summed E-state index contributed by atoms with van der Waals surface area (Å²) in [6.45, 7) is 0.439. The van der Waals surface area contributed by atoms with Gasteiger partial charge in [-0.15, -0.1) is 0 Å². The Balaban J connectivity index is 1.79. The molecule has 8 heteroatoms. The number of rotatable bonds is 5. The van der Waals surface area contributed by atoms with Crippen LogP contribution >= 0.6 is 0 Å². The number of carbonyl (C=O) groups excluding carboxylic acids is 1. The van der Waals surface area contributed by atoms with Crippen molar-refractivity contribution in [3.05, 3.63) is 69.0 Å². The lowest BCUT2D eigenvalue weighted by Gasteiger charge is -2.30. The van der Waals surface area contributed by atoms with Gasteiger partial charge in [-0.05, 0) is 18.4 Å². The summed E-state index contributed by atoms with van der Waals surface area (Å²) < 4.78 is 2.27. The van der Waals surface area contributed by atoms with Gasteiger partial charge < -0.3 is 10.0 Å². The van der Waals surface area contributed by atoms with E-state index < -0.39 is 29.0 Å². The van der Waals surface area contributed by atoms with Gasteiger partial charge in [0.25, 0.3) is 5.56 Å². The van der Waals surface area contributed by atoms with Crippen molar-refractivity contribution in [3.8, 4) is 0 Å². The molecule has 1 unspecified atom stereocenters. The summed E-state index contributed by atoms with van der Waals surface area (Å²) in [5.74, 6) is -1.96. The fraction of sp³-hybridized carbons (Fsp3) is 0.368. The number of carboxylic acids is 1. The van der Waals surface area contributed by atoms with Crippen LogP contribution in [0.3, 0.4) is 0 Å². The first-order chi connectivity index (χ1) is 13.0. The average Bonchev–Trinajstić information content (AvgIpc) is 2.68. The van der Waals surface area contributed by atoms with Crippen LogP contribution in [-0.4, -0.2) is 44.1 Å². The molecule has 1 aliphatic heterocycles. The molecule has 27 heavy (non-hydrogen) atoms. The van der Waals surface area contributed by atoms with E-state index in [9.17, 15) is 19.2 Å². The molecule has 0 spiro atoms. The minimum absolute atomic E-state index is 0.105. The van der Waals surface area contributed by atoms with Crippen LogP contribution < -0.4 is 11.2 Å². The van der Waals surface area contributed by atoms with Gasteiger partial charge in [0, 0.05) is 25.4 Å². The van der Waals surface area contributed by atoms with E-state index in [0.717, 1.165) is 10.1 Å². The number of benzene rings is 1. The Hall–Kier alpha value is -3.16. The van der Waals surface area contributed by atoms with Gasteiger partial charge in [-0.25, -0.2) is 4.79 Å². The van der Waals surface area contributed by atoms with Crippen molar-refractivity contribution < 1.29 is 14.7 Å².